The lowest BCUT2D eigenvalue weighted by Crippen LogP contribution is -2.20. The molecule has 1 heterocycles. The van der Waals surface area contributed by atoms with Crippen LogP contribution < -0.4 is 5.32 Å². The van der Waals surface area contributed by atoms with Crippen LogP contribution in [0.25, 0.3) is 11.5 Å². The van der Waals surface area contributed by atoms with Crippen LogP contribution in [0.3, 0.4) is 0 Å². The highest BCUT2D eigenvalue weighted by Crippen LogP contribution is 2.26. The van der Waals surface area contributed by atoms with E-state index in [1.54, 1.807) is 0 Å². The summed E-state index contributed by atoms with van der Waals surface area (Å²) in [6.07, 6.45) is 0. The number of benzene rings is 2. The average Bonchev–Trinajstić information content (AvgIpc) is 2.94. The molecule has 7 heteroatoms. The van der Waals surface area contributed by atoms with Gasteiger partial charge in [0.05, 0.1) is 5.69 Å². The molecule has 0 fully saturated rings. The van der Waals surface area contributed by atoms with Crippen molar-refractivity contribution in [3.05, 3.63) is 62.4 Å². The maximum absolute atomic E-state index is 12.4. The first-order valence-corrected chi connectivity index (χ1v) is 9.25. The van der Waals surface area contributed by atoms with Crippen LogP contribution in [-0.4, -0.2) is 15.7 Å². The second-order valence-electron chi connectivity index (χ2n) is 6.16. The van der Waals surface area contributed by atoms with Crippen LogP contribution >= 0.6 is 28.1 Å². The van der Waals surface area contributed by atoms with Gasteiger partial charge < -0.3 is 9.73 Å². The van der Waals surface area contributed by atoms with Gasteiger partial charge in [-0.15, -0.1) is 5.10 Å². The lowest BCUT2D eigenvalue weighted by atomic mass is 10.1. The molecular weight excluding hydrogens is 414 g/mol. The number of aryl methyl sites for hydroxylation is 3. The monoisotopic (exact) mass is 431 g/mol. The van der Waals surface area contributed by atoms with Gasteiger partial charge in [0, 0.05) is 10.0 Å². The van der Waals surface area contributed by atoms with Crippen LogP contribution in [0.15, 0.2) is 45.3 Å². The lowest BCUT2D eigenvalue weighted by molar-refractivity contribution is -0.117. The SMILES string of the molecule is Cc1ccc(-c2nn(CC(=O)Nc3cc(C)c(C)cc3Br)c(=S)o2)cc1. The molecule has 0 atom stereocenters. The molecule has 3 rings (SSSR count). The molecule has 0 spiro atoms. The maximum atomic E-state index is 12.4. The van der Waals surface area contributed by atoms with Crippen molar-refractivity contribution in [2.45, 2.75) is 27.3 Å². The van der Waals surface area contributed by atoms with E-state index in [2.05, 4.69) is 26.3 Å². The van der Waals surface area contributed by atoms with Crippen LogP contribution in [0.4, 0.5) is 5.69 Å². The van der Waals surface area contributed by atoms with E-state index in [1.807, 2.05) is 57.2 Å². The van der Waals surface area contributed by atoms with E-state index in [9.17, 15) is 4.79 Å². The Bertz CT molecular complexity index is 1020. The van der Waals surface area contributed by atoms with E-state index in [1.165, 1.54) is 4.68 Å². The van der Waals surface area contributed by atoms with Gasteiger partial charge in [0.1, 0.15) is 6.54 Å². The highest BCUT2D eigenvalue weighted by molar-refractivity contribution is 9.10. The Hall–Kier alpha value is -2.25. The third-order valence-corrected chi connectivity index (χ3v) is 5.01. The number of aromatic nitrogens is 2. The Balaban J connectivity index is 1.77. The standard InChI is InChI=1S/C19H18BrN3O2S/c1-11-4-6-14(7-5-11)18-22-23(19(26)25-18)10-17(24)21-16-9-13(3)12(2)8-15(16)20/h4-9H,10H2,1-3H3,(H,21,24). The van der Waals surface area contributed by atoms with Gasteiger partial charge in [-0.2, -0.15) is 0 Å². The molecule has 26 heavy (non-hydrogen) atoms. The number of hydrogen-bond acceptors (Lipinski definition) is 4. The van der Waals surface area contributed by atoms with Crippen LogP contribution in [0.1, 0.15) is 16.7 Å². The number of halogens is 1. The summed E-state index contributed by atoms with van der Waals surface area (Å²) in [5.41, 5.74) is 4.93. The Morgan fingerprint density at radius 2 is 1.85 bits per heavy atom. The van der Waals surface area contributed by atoms with Crippen molar-refractivity contribution in [3.63, 3.8) is 0 Å². The fourth-order valence-corrected chi connectivity index (χ4v) is 3.16. The molecule has 0 bridgehead atoms. The predicted molar refractivity (Wildman–Crippen MR) is 108 cm³/mol. The molecule has 1 N–H and O–H groups in total. The lowest BCUT2D eigenvalue weighted by Gasteiger charge is -2.10. The topological polar surface area (TPSA) is 60.1 Å². The van der Waals surface area contributed by atoms with Gasteiger partial charge in [-0.1, -0.05) is 17.7 Å². The molecule has 134 valence electrons. The van der Waals surface area contributed by atoms with Crippen molar-refractivity contribution in [3.8, 4) is 11.5 Å². The quantitative estimate of drug-likeness (QED) is 0.576. The minimum absolute atomic E-state index is 0.0203. The van der Waals surface area contributed by atoms with E-state index in [-0.39, 0.29) is 17.3 Å². The zero-order valence-electron chi connectivity index (χ0n) is 14.7. The highest BCUT2D eigenvalue weighted by Gasteiger charge is 2.13. The van der Waals surface area contributed by atoms with E-state index < -0.39 is 0 Å². The number of rotatable bonds is 4. The summed E-state index contributed by atoms with van der Waals surface area (Å²) < 4.78 is 7.74. The van der Waals surface area contributed by atoms with Crippen molar-refractivity contribution in [1.82, 2.24) is 9.78 Å². The third kappa shape index (κ3) is 4.11. The summed E-state index contributed by atoms with van der Waals surface area (Å²) in [6.45, 7) is 6.01. The van der Waals surface area contributed by atoms with Crippen LogP contribution in [-0.2, 0) is 11.3 Å². The smallest absolute Gasteiger partial charge is 0.287 e. The van der Waals surface area contributed by atoms with Crippen LogP contribution in [0.2, 0.25) is 0 Å². The molecule has 5 nitrogen and oxygen atoms in total. The van der Waals surface area contributed by atoms with E-state index in [0.29, 0.717) is 11.6 Å². The van der Waals surface area contributed by atoms with Gasteiger partial charge in [0.2, 0.25) is 11.8 Å². The molecule has 0 aliphatic heterocycles. The molecule has 1 aromatic heterocycles. The summed E-state index contributed by atoms with van der Waals surface area (Å²) in [4.78, 5) is 12.6. The number of hydrogen-bond donors (Lipinski definition) is 1. The van der Waals surface area contributed by atoms with Gasteiger partial charge in [0.25, 0.3) is 4.84 Å². The fourth-order valence-electron chi connectivity index (χ4n) is 2.42. The molecular formula is C19H18BrN3O2S. The first-order valence-electron chi connectivity index (χ1n) is 8.05. The zero-order chi connectivity index (χ0) is 18.8. The molecule has 0 unspecified atom stereocenters. The minimum atomic E-state index is -0.228. The van der Waals surface area contributed by atoms with Crippen molar-refractivity contribution < 1.29 is 9.21 Å². The second-order valence-corrected chi connectivity index (χ2v) is 7.36. The molecule has 3 aromatic rings. The Morgan fingerprint density at radius 3 is 2.54 bits per heavy atom. The van der Waals surface area contributed by atoms with Crippen molar-refractivity contribution in [1.29, 1.82) is 0 Å². The number of carbonyl (C=O) groups is 1. The molecule has 1 amide bonds. The molecule has 0 saturated heterocycles. The highest BCUT2D eigenvalue weighted by atomic mass is 79.9. The molecule has 0 aliphatic carbocycles. The average molecular weight is 432 g/mol. The molecule has 0 saturated carbocycles. The Morgan fingerprint density at radius 1 is 1.19 bits per heavy atom. The van der Waals surface area contributed by atoms with Gasteiger partial charge >= 0.3 is 0 Å². The van der Waals surface area contributed by atoms with Gasteiger partial charge in [-0.25, -0.2) is 4.68 Å². The zero-order valence-corrected chi connectivity index (χ0v) is 17.1. The van der Waals surface area contributed by atoms with E-state index in [4.69, 9.17) is 16.6 Å². The summed E-state index contributed by atoms with van der Waals surface area (Å²) in [5.74, 6) is 0.170. The van der Waals surface area contributed by atoms with Gasteiger partial charge in [0.15, 0.2) is 0 Å². The fraction of sp³-hybridized carbons (Fsp3) is 0.211. The number of anilines is 1. The van der Waals surface area contributed by atoms with Crippen molar-refractivity contribution in [2.24, 2.45) is 0 Å². The van der Waals surface area contributed by atoms with Crippen molar-refractivity contribution >= 4 is 39.7 Å². The van der Waals surface area contributed by atoms with Crippen molar-refractivity contribution in [2.75, 3.05) is 5.32 Å². The van der Waals surface area contributed by atoms with E-state index >= 15 is 0 Å². The first kappa shape index (κ1) is 18.5. The maximum Gasteiger partial charge on any atom is 0.287 e. The molecule has 0 radical (unpaired) electrons. The minimum Gasteiger partial charge on any atom is -0.409 e. The van der Waals surface area contributed by atoms with Gasteiger partial charge in [-0.05, 0) is 84.3 Å². The Kier molecular flexibility index (Phi) is 5.38. The third-order valence-electron chi connectivity index (χ3n) is 4.06. The number of nitrogens with one attached hydrogen (secondary N) is 1. The summed E-state index contributed by atoms with van der Waals surface area (Å²) in [5, 5.41) is 7.19. The molecule has 2 aromatic carbocycles. The molecule has 0 aliphatic rings. The van der Waals surface area contributed by atoms with Gasteiger partial charge in [-0.3, -0.25) is 4.79 Å². The second kappa shape index (κ2) is 7.55. The van der Waals surface area contributed by atoms with Crippen LogP contribution in [0, 0.1) is 25.6 Å². The van der Waals surface area contributed by atoms with E-state index in [0.717, 1.165) is 26.7 Å². The number of carbonyl (C=O) groups excluding carboxylic acids is 1. The normalized spacial score (nSPS) is 10.8. The number of nitrogens with zero attached hydrogens (tertiary/aromatic N) is 2. The number of amides is 1. The first-order chi connectivity index (χ1) is 12.3. The predicted octanol–water partition coefficient (Wildman–Crippen LogP) is 5.20. The van der Waals surface area contributed by atoms with Crippen LogP contribution in [0.5, 0.6) is 0 Å². The summed E-state index contributed by atoms with van der Waals surface area (Å²) >= 11 is 8.66. The summed E-state index contributed by atoms with van der Waals surface area (Å²) in [6, 6.07) is 11.7. The Labute approximate surface area is 165 Å². The largest absolute Gasteiger partial charge is 0.409 e. The summed E-state index contributed by atoms with van der Waals surface area (Å²) in [7, 11) is 0.